The summed E-state index contributed by atoms with van der Waals surface area (Å²) in [7, 11) is 0. The minimum atomic E-state index is -0.0284. The molecule has 1 fully saturated rings. The van der Waals surface area contributed by atoms with E-state index in [4.69, 9.17) is 0 Å². The van der Waals surface area contributed by atoms with Crippen LogP contribution in [0.4, 0.5) is 0 Å². The molecular formula is C12H15BrN2O. The first-order valence-corrected chi connectivity index (χ1v) is 6.45. The predicted molar refractivity (Wildman–Crippen MR) is 66.2 cm³/mol. The molecule has 0 aromatic carbocycles. The van der Waals surface area contributed by atoms with Gasteiger partial charge in [-0.2, -0.15) is 0 Å². The summed E-state index contributed by atoms with van der Waals surface area (Å²) < 4.78 is 0.749. The second kappa shape index (κ2) is 5.43. The number of aromatic nitrogens is 1. The van der Waals surface area contributed by atoms with Crippen molar-refractivity contribution in [1.29, 1.82) is 0 Å². The Morgan fingerprint density at radius 2 is 2.31 bits per heavy atom. The van der Waals surface area contributed by atoms with Crippen LogP contribution in [0.1, 0.15) is 36.0 Å². The van der Waals surface area contributed by atoms with E-state index in [9.17, 15) is 4.79 Å². The highest BCUT2D eigenvalue weighted by molar-refractivity contribution is 9.10. The standard InChI is InChI=1S/C12H15BrN2O/c13-11-5-4-10(8-15-11)12(16)14-7-6-9-2-1-3-9/h4-5,8-9H,1-3,6-7H2,(H,14,16). The lowest BCUT2D eigenvalue weighted by molar-refractivity contribution is 0.0948. The van der Waals surface area contributed by atoms with Gasteiger partial charge in [-0.25, -0.2) is 4.98 Å². The first kappa shape index (κ1) is 11.6. The van der Waals surface area contributed by atoms with Crippen LogP contribution in [0.5, 0.6) is 0 Å². The summed E-state index contributed by atoms with van der Waals surface area (Å²) >= 11 is 3.24. The van der Waals surface area contributed by atoms with E-state index in [-0.39, 0.29) is 5.91 Å². The molecule has 1 amide bonds. The van der Waals surface area contributed by atoms with Crippen LogP contribution < -0.4 is 5.32 Å². The van der Waals surface area contributed by atoms with E-state index >= 15 is 0 Å². The molecule has 0 aliphatic heterocycles. The van der Waals surface area contributed by atoms with Crippen LogP contribution in [0, 0.1) is 5.92 Å². The molecule has 86 valence electrons. The van der Waals surface area contributed by atoms with E-state index in [2.05, 4.69) is 26.2 Å². The number of nitrogens with zero attached hydrogens (tertiary/aromatic N) is 1. The molecule has 1 aliphatic rings. The topological polar surface area (TPSA) is 42.0 Å². The first-order valence-electron chi connectivity index (χ1n) is 5.65. The summed E-state index contributed by atoms with van der Waals surface area (Å²) in [5.74, 6) is 0.808. The Hall–Kier alpha value is -0.900. The second-order valence-corrected chi connectivity index (χ2v) is 5.02. The lowest BCUT2D eigenvalue weighted by Crippen LogP contribution is -2.27. The van der Waals surface area contributed by atoms with Gasteiger partial charge in [-0.15, -0.1) is 0 Å². The van der Waals surface area contributed by atoms with Crippen LogP contribution in [-0.2, 0) is 0 Å². The lowest BCUT2D eigenvalue weighted by Gasteiger charge is -2.25. The summed E-state index contributed by atoms with van der Waals surface area (Å²) in [6.07, 6.45) is 6.71. The SMILES string of the molecule is O=C(NCCC1CCC1)c1ccc(Br)nc1. The van der Waals surface area contributed by atoms with Gasteiger partial charge >= 0.3 is 0 Å². The fourth-order valence-corrected chi connectivity index (χ4v) is 2.02. The first-order chi connectivity index (χ1) is 7.75. The molecule has 0 unspecified atom stereocenters. The summed E-state index contributed by atoms with van der Waals surface area (Å²) in [4.78, 5) is 15.7. The third kappa shape index (κ3) is 3.04. The molecule has 0 radical (unpaired) electrons. The maximum absolute atomic E-state index is 11.7. The van der Waals surface area contributed by atoms with Crippen LogP contribution in [-0.4, -0.2) is 17.4 Å². The average Bonchev–Trinajstić information content (AvgIpc) is 2.22. The molecule has 1 aromatic heterocycles. The molecule has 0 spiro atoms. The normalized spacial score (nSPS) is 15.6. The number of halogens is 1. The van der Waals surface area contributed by atoms with Crippen LogP contribution in [0.2, 0.25) is 0 Å². The highest BCUT2D eigenvalue weighted by Crippen LogP contribution is 2.28. The van der Waals surface area contributed by atoms with E-state index in [0.717, 1.165) is 23.5 Å². The maximum Gasteiger partial charge on any atom is 0.252 e. The van der Waals surface area contributed by atoms with Crippen molar-refractivity contribution in [1.82, 2.24) is 10.3 Å². The van der Waals surface area contributed by atoms with Gasteiger partial charge in [0, 0.05) is 12.7 Å². The number of amides is 1. The second-order valence-electron chi connectivity index (χ2n) is 4.21. The van der Waals surface area contributed by atoms with E-state index in [1.807, 2.05) is 0 Å². The van der Waals surface area contributed by atoms with Gasteiger partial charge in [0.25, 0.3) is 5.91 Å². The molecule has 1 saturated carbocycles. The molecule has 1 aromatic rings. The highest BCUT2D eigenvalue weighted by atomic mass is 79.9. The third-order valence-corrected chi connectivity index (χ3v) is 3.52. The Kier molecular flexibility index (Phi) is 3.93. The Labute approximate surface area is 104 Å². The number of pyridine rings is 1. The molecule has 1 heterocycles. The Morgan fingerprint density at radius 3 is 2.88 bits per heavy atom. The fourth-order valence-electron chi connectivity index (χ4n) is 1.78. The zero-order valence-electron chi connectivity index (χ0n) is 9.08. The highest BCUT2D eigenvalue weighted by Gasteiger charge is 2.17. The van der Waals surface area contributed by atoms with Gasteiger partial charge in [-0.05, 0) is 40.4 Å². The van der Waals surface area contributed by atoms with Crippen molar-refractivity contribution in [3.63, 3.8) is 0 Å². The zero-order valence-corrected chi connectivity index (χ0v) is 10.7. The zero-order chi connectivity index (χ0) is 11.4. The van der Waals surface area contributed by atoms with Crippen LogP contribution in [0.25, 0.3) is 0 Å². The van der Waals surface area contributed by atoms with Crippen molar-refractivity contribution in [3.05, 3.63) is 28.5 Å². The van der Waals surface area contributed by atoms with E-state index in [1.165, 1.54) is 19.3 Å². The van der Waals surface area contributed by atoms with Crippen molar-refractivity contribution < 1.29 is 4.79 Å². The number of carbonyl (C=O) groups is 1. The minimum absolute atomic E-state index is 0.0284. The minimum Gasteiger partial charge on any atom is -0.352 e. The van der Waals surface area contributed by atoms with Crippen molar-refractivity contribution in [3.8, 4) is 0 Å². The largest absolute Gasteiger partial charge is 0.352 e. The van der Waals surface area contributed by atoms with Crippen molar-refractivity contribution in [2.24, 2.45) is 5.92 Å². The van der Waals surface area contributed by atoms with Gasteiger partial charge in [-0.3, -0.25) is 4.79 Å². The van der Waals surface area contributed by atoms with Crippen molar-refractivity contribution in [2.75, 3.05) is 6.54 Å². The summed E-state index contributed by atoms with van der Waals surface area (Å²) in [6.45, 7) is 0.777. The number of nitrogens with one attached hydrogen (secondary N) is 1. The number of hydrogen-bond acceptors (Lipinski definition) is 2. The molecule has 2 rings (SSSR count). The molecule has 0 saturated heterocycles. The van der Waals surface area contributed by atoms with Crippen LogP contribution in [0.15, 0.2) is 22.9 Å². The van der Waals surface area contributed by atoms with Crippen LogP contribution >= 0.6 is 15.9 Å². The number of hydrogen-bond donors (Lipinski definition) is 1. The smallest absolute Gasteiger partial charge is 0.252 e. The molecule has 0 bridgehead atoms. The van der Waals surface area contributed by atoms with Gasteiger partial charge in [0.1, 0.15) is 4.60 Å². The van der Waals surface area contributed by atoms with E-state index in [0.29, 0.717) is 5.56 Å². The molecule has 16 heavy (non-hydrogen) atoms. The average molecular weight is 283 g/mol. The monoisotopic (exact) mass is 282 g/mol. The predicted octanol–water partition coefficient (Wildman–Crippen LogP) is 2.76. The summed E-state index contributed by atoms with van der Waals surface area (Å²) in [6, 6.07) is 3.55. The number of rotatable bonds is 4. The van der Waals surface area contributed by atoms with Gasteiger partial charge in [0.2, 0.25) is 0 Å². The molecule has 0 atom stereocenters. The lowest BCUT2D eigenvalue weighted by atomic mass is 9.83. The third-order valence-electron chi connectivity index (χ3n) is 3.05. The van der Waals surface area contributed by atoms with E-state index in [1.54, 1.807) is 18.3 Å². The Morgan fingerprint density at radius 1 is 1.50 bits per heavy atom. The van der Waals surface area contributed by atoms with Crippen molar-refractivity contribution >= 4 is 21.8 Å². The Balaban J connectivity index is 1.76. The number of carbonyl (C=O) groups excluding carboxylic acids is 1. The molecule has 3 nitrogen and oxygen atoms in total. The maximum atomic E-state index is 11.7. The van der Waals surface area contributed by atoms with Gasteiger partial charge in [0.05, 0.1) is 5.56 Å². The fraction of sp³-hybridized carbons (Fsp3) is 0.500. The van der Waals surface area contributed by atoms with E-state index < -0.39 is 0 Å². The van der Waals surface area contributed by atoms with Crippen LogP contribution in [0.3, 0.4) is 0 Å². The van der Waals surface area contributed by atoms with Gasteiger partial charge in [0.15, 0.2) is 0 Å². The molecular weight excluding hydrogens is 268 g/mol. The van der Waals surface area contributed by atoms with Gasteiger partial charge in [-0.1, -0.05) is 19.3 Å². The quantitative estimate of drug-likeness (QED) is 0.863. The van der Waals surface area contributed by atoms with Crippen molar-refractivity contribution in [2.45, 2.75) is 25.7 Å². The Bertz CT molecular complexity index is 360. The molecule has 1 N–H and O–H groups in total. The van der Waals surface area contributed by atoms with Gasteiger partial charge < -0.3 is 5.32 Å². The summed E-state index contributed by atoms with van der Waals surface area (Å²) in [5.41, 5.74) is 0.622. The summed E-state index contributed by atoms with van der Waals surface area (Å²) in [5, 5.41) is 2.92. The molecule has 1 aliphatic carbocycles. The molecule has 4 heteroatoms.